The van der Waals surface area contributed by atoms with Crippen LogP contribution in [0.25, 0.3) is 22.6 Å². The molecule has 31 heavy (non-hydrogen) atoms. The van der Waals surface area contributed by atoms with Gasteiger partial charge >= 0.3 is 0 Å². The average molecular weight is 414 g/mol. The van der Waals surface area contributed by atoms with Crippen molar-refractivity contribution >= 4 is 5.91 Å². The number of oxazole rings is 1. The molecule has 1 heterocycles. The molecule has 156 valence electrons. The van der Waals surface area contributed by atoms with E-state index in [4.69, 9.17) is 4.42 Å². The molecular formula is C26H23FN2O2. The number of halogens is 1. The summed E-state index contributed by atoms with van der Waals surface area (Å²) in [4.78, 5) is 17.1. The minimum Gasteiger partial charge on any atom is -0.440 e. The Labute approximate surface area is 180 Å². The molecule has 0 aliphatic rings. The van der Waals surface area contributed by atoms with Crippen LogP contribution in [0.5, 0.6) is 0 Å². The zero-order chi connectivity index (χ0) is 21.6. The summed E-state index contributed by atoms with van der Waals surface area (Å²) in [5, 5.41) is 2.84. The van der Waals surface area contributed by atoms with Crippen molar-refractivity contribution in [1.82, 2.24) is 10.3 Å². The van der Waals surface area contributed by atoms with E-state index >= 15 is 0 Å². The van der Waals surface area contributed by atoms with Gasteiger partial charge in [-0.25, -0.2) is 9.37 Å². The van der Waals surface area contributed by atoms with Crippen LogP contribution in [0.2, 0.25) is 0 Å². The molecule has 4 aromatic rings. The zero-order valence-corrected chi connectivity index (χ0v) is 17.2. The number of carbonyl (C=O) groups excluding carboxylic acids is 1. The average Bonchev–Trinajstić information content (AvgIpc) is 3.23. The Bertz CT molecular complexity index is 1100. The molecule has 0 saturated carbocycles. The Hall–Kier alpha value is -3.73. The lowest BCUT2D eigenvalue weighted by atomic mass is 10.1. The van der Waals surface area contributed by atoms with E-state index in [2.05, 4.69) is 10.3 Å². The van der Waals surface area contributed by atoms with Crippen LogP contribution in [0.3, 0.4) is 0 Å². The molecule has 1 atom stereocenters. The highest BCUT2D eigenvalue weighted by atomic mass is 19.1. The summed E-state index contributed by atoms with van der Waals surface area (Å²) in [6, 6.07) is 25.6. The number of benzene rings is 3. The van der Waals surface area contributed by atoms with Crippen LogP contribution >= 0.6 is 0 Å². The van der Waals surface area contributed by atoms with Crippen molar-refractivity contribution in [3.05, 3.63) is 102 Å². The summed E-state index contributed by atoms with van der Waals surface area (Å²) >= 11 is 0. The molecular weight excluding hydrogens is 391 g/mol. The fraction of sp³-hybridized carbons (Fsp3) is 0.154. The summed E-state index contributed by atoms with van der Waals surface area (Å²) in [7, 11) is 0. The van der Waals surface area contributed by atoms with Crippen LogP contribution in [-0.4, -0.2) is 10.9 Å². The van der Waals surface area contributed by atoms with Crippen molar-refractivity contribution in [1.29, 1.82) is 0 Å². The van der Waals surface area contributed by atoms with E-state index in [1.54, 1.807) is 25.1 Å². The normalized spacial score (nSPS) is 11.8. The largest absolute Gasteiger partial charge is 0.440 e. The van der Waals surface area contributed by atoms with Crippen LogP contribution in [0.4, 0.5) is 4.39 Å². The number of carbonyl (C=O) groups is 1. The first-order valence-electron chi connectivity index (χ1n) is 10.3. The number of nitrogens with zero attached hydrogens (tertiary/aromatic N) is 1. The van der Waals surface area contributed by atoms with Crippen LogP contribution < -0.4 is 5.32 Å². The topological polar surface area (TPSA) is 55.1 Å². The van der Waals surface area contributed by atoms with Gasteiger partial charge in [-0.05, 0) is 13.0 Å². The number of rotatable bonds is 7. The van der Waals surface area contributed by atoms with Gasteiger partial charge in [0, 0.05) is 29.5 Å². The number of nitrogens with one attached hydrogen (secondary N) is 1. The van der Waals surface area contributed by atoms with Crippen molar-refractivity contribution in [2.45, 2.75) is 25.8 Å². The van der Waals surface area contributed by atoms with Gasteiger partial charge in [0.1, 0.15) is 11.5 Å². The third kappa shape index (κ3) is 4.89. The van der Waals surface area contributed by atoms with E-state index in [0.717, 1.165) is 16.8 Å². The molecule has 1 unspecified atom stereocenters. The number of hydrogen-bond donors (Lipinski definition) is 1. The Morgan fingerprint density at radius 3 is 2.23 bits per heavy atom. The Balaban J connectivity index is 1.49. The van der Waals surface area contributed by atoms with Crippen LogP contribution in [-0.2, 0) is 11.2 Å². The van der Waals surface area contributed by atoms with Gasteiger partial charge in [0.05, 0.1) is 6.04 Å². The molecule has 4 rings (SSSR count). The van der Waals surface area contributed by atoms with Crippen molar-refractivity contribution in [2.24, 2.45) is 0 Å². The van der Waals surface area contributed by atoms with E-state index < -0.39 is 6.04 Å². The fourth-order valence-electron chi connectivity index (χ4n) is 3.49. The minimum absolute atomic E-state index is 0.184. The molecule has 0 aliphatic carbocycles. The van der Waals surface area contributed by atoms with Crippen molar-refractivity contribution in [2.75, 3.05) is 0 Å². The first-order chi connectivity index (χ1) is 15.1. The van der Waals surface area contributed by atoms with Gasteiger partial charge < -0.3 is 9.73 Å². The minimum atomic E-state index is -0.419. The zero-order valence-electron chi connectivity index (χ0n) is 17.2. The predicted octanol–water partition coefficient (Wildman–Crippen LogP) is 5.96. The molecule has 4 nitrogen and oxygen atoms in total. The SMILES string of the molecule is CC(NC(=O)CCc1nc(-c2ccccc2)c(-c2ccccc2)o1)c1ccccc1F. The van der Waals surface area contributed by atoms with Gasteiger partial charge in [-0.1, -0.05) is 78.9 Å². The number of aromatic nitrogens is 1. The Morgan fingerprint density at radius 1 is 0.935 bits per heavy atom. The van der Waals surface area contributed by atoms with E-state index in [0.29, 0.717) is 23.6 Å². The lowest BCUT2D eigenvalue weighted by molar-refractivity contribution is -0.121. The monoisotopic (exact) mass is 414 g/mol. The van der Waals surface area contributed by atoms with Crippen LogP contribution in [0.15, 0.2) is 89.3 Å². The molecule has 0 bridgehead atoms. The summed E-state index contributed by atoms with van der Waals surface area (Å²) in [6.07, 6.45) is 0.546. The highest BCUT2D eigenvalue weighted by Gasteiger charge is 2.18. The smallest absolute Gasteiger partial charge is 0.220 e. The summed E-state index contributed by atoms with van der Waals surface area (Å²) in [6.45, 7) is 1.77. The highest BCUT2D eigenvalue weighted by molar-refractivity contribution is 5.78. The molecule has 3 aromatic carbocycles. The fourth-order valence-corrected chi connectivity index (χ4v) is 3.49. The molecule has 0 spiro atoms. The second-order valence-corrected chi connectivity index (χ2v) is 7.33. The standard InChI is InChI=1S/C26H23FN2O2/c1-18(21-14-8-9-15-22(21)27)28-23(30)16-17-24-29-25(19-10-4-2-5-11-19)26(31-24)20-12-6-3-7-13-20/h2-15,18H,16-17H2,1H3,(H,28,30). The van der Waals surface area contributed by atoms with Gasteiger partial charge in [-0.3, -0.25) is 4.79 Å². The van der Waals surface area contributed by atoms with E-state index in [9.17, 15) is 9.18 Å². The molecule has 0 aliphatic heterocycles. The third-order valence-corrected chi connectivity index (χ3v) is 5.07. The Kier molecular flexibility index (Phi) is 6.22. The van der Waals surface area contributed by atoms with Crippen LogP contribution in [0, 0.1) is 5.82 Å². The molecule has 0 saturated heterocycles. The second-order valence-electron chi connectivity index (χ2n) is 7.33. The van der Waals surface area contributed by atoms with Gasteiger partial charge in [0.15, 0.2) is 11.7 Å². The van der Waals surface area contributed by atoms with E-state index in [-0.39, 0.29) is 18.1 Å². The molecule has 0 fully saturated rings. The first-order valence-corrected chi connectivity index (χ1v) is 10.3. The van der Waals surface area contributed by atoms with Crippen molar-refractivity contribution in [3.8, 4) is 22.6 Å². The molecule has 5 heteroatoms. The number of hydrogen-bond acceptors (Lipinski definition) is 3. The number of aryl methyl sites for hydroxylation is 1. The lowest BCUT2D eigenvalue weighted by Crippen LogP contribution is -2.27. The maximum atomic E-state index is 13.9. The van der Waals surface area contributed by atoms with Crippen molar-refractivity contribution < 1.29 is 13.6 Å². The third-order valence-electron chi connectivity index (χ3n) is 5.07. The number of amides is 1. The molecule has 0 radical (unpaired) electrons. The maximum absolute atomic E-state index is 13.9. The van der Waals surface area contributed by atoms with Gasteiger partial charge in [0.25, 0.3) is 0 Å². The summed E-state index contributed by atoms with van der Waals surface area (Å²) in [5.41, 5.74) is 3.10. The van der Waals surface area contributed by atoms with Gasteiger partial charge in [-0.15, -0.1) is 0 Å². The van der Waals surface area contributed by atoms with Crippen LogP contribution in [0.1, 0.15) is 30.8 Å². The quantitative estimate of drug-likeness (QED) is 0.406. The van der Waals surface area contributed by atoms with Gasteiger partial charge in [0.2, 0.25) is 5.91 Å². The van der Waals surface area contributed by atoms with Crippen molar-refractivity contribution in [3.63, 3.8) is 0 Å². The molecule has 1 N–H and O–H groups in total. The summed E-state index contributed by atoms with van der Waals surface area (Å²) < 4.78 is 20.0. The predicted molar refractivity (Wildman–Crippen MR) is 119 cm³/mol. The Morgan fingerprint density at radius 2 is 1.55 bits per heavy atom. The highest BCUT2D eigenvalue weighted by Crippen LogP contribution is 2.32. The summed E-state index contributed by atoms with van der Waals surface area (Å²) in [5.74, 6) is 0.660. The van der Waals surface area contributed by atoms with Gasteiger partial charge in [-0.2, -0.15) is 0 Å². The molecule has 1 aromatic heterocycles. The van der Waals surface area contributed by atoms with E-state index in [1.165, 1.54) is 6.07 Å². The maximum Gasteiger partial charge on any atom is 0.220 e. The lowest BCUT2D eigenvalue weighted by Gasteiger charge is -2.14. The first kappa shape index (κ1) is 20.5. The van der Waals surface area contributed by atoms with E-state index in [1.807, 2.05) is 60.7 Å². The molecule has 1 amide bonds. The second kappa shape index (κ2) is 9.39.